The van der Waals surface area contributed by atoms with Crippen molar-refractivity contribution in [1.82, 2.24) is 4.57 Å². The van der Waals surface area contributed by atoms with E-state index >= 15 is 0 Å². The largest absolute Gasteiger partial charge is 0.350 e. The maximum atomic E-state index is 11.3. The normalized spacial score (nSPS) is 11.1. The van der Waals surface area contributed by atoms with Crippen molar-refractivity contribution < 1.29 is 9.59 Å². The fourth-order valence-electron chi connectivity index (χ4n) is 1.94. The molecule has 1 aromatic heterocycles. The number of fused-ring (bicyclic) bond motifs is 1. The van der Waals surface area contributed by atoms with Crippen molar-refractivity contribution in [3.05, 3.63) is 36.0 Å². The third-order valence-electron chi connectivity index (χ3n) is 2.69. The highest BCUT2D eigenvalue weighted by Gasteiger charge is 2.28. The van der Waals surface area contributed by atoms with Crippen LogP contribution >= 0.6 is 23.2 Å². The summed E-state index contributed by atoms with van der Waals surface area (Å²) in [5, 5.41) is -0.717. The third-order valence-corrected chi connectivity index (χ3v) is 3.13. The van der Waals surface area contributed by atoms with Crippen LogP contribution in [0, 0.1) is 0 Å². The van der Waals surface area contributed by atoms with E-state index in [9.17, 15) is 9.59 Å². The molecule has 0 fully saturated rings. The van der Waals surface area contributed by atoms with Gasteiger partial charge in [-0.25, -0.2) is 0 Å². The number of benzene rings is 1. The topological polar surface area (TPSA) is 39.1 Å². The Balaban J connectivity index is 2.70. The molecule has 0 aliphatic carbocycles. The SMILES string of the molecule is Cn1cc(C(C(=O)Cl)C(=O)Cl)c2ccccc21. The van der Waals surface area contributed by atoms with E-state index in [1.807, 2.05) is 35.9 Å². The number of halogens is 2. The van der Waals surface area contributed by atoms with Crippen LogP contribution in [0.25, 0.3) is 10.9 Å². The predicted octanol–water partition coefficient (Wildman–Crippen LogP) is 2.79. The number of para-hydroxylation sites is 1. The first-order valence-corrected chi connectivity index (χ1v) is 5.70. The van der Waals surface area contributed by atoms with Crippen molar-refractivity contribution in [3.63, 3.8) is 0 Å². The van der Waals surface area contributed by atoms with E-state index in [1.165, 1.54) is 0 Å². The van der Waals surface area contributed by atoms with Gasteiger partial charge in [-0.1, -0.05) is 18.2 Å². The third kappa shape index (κ3) is 2.08. The highest BCUT2D eigenvalue weighted by atomic mass is 35.5. The van der Waals surface area contributed by atoms with Crippen molar-refractivity contribution in [2.24, 2.45) is 7.05 Å². The summed E-state index contributed by atoms with van der Waals surface area (Å²) in [4.78, 5) is 22.6. The number of hydrogen-bond donors (Lipinski definition) is 0. The second-order valence-electron chi connectivity index (χ2n) is 3.75. The summed E-state index contributed by atoms with van der Waals surface area (Å²) >= 11 is 10.9. The molecule has 0 spiro atoms. The zero-order chi connectivity index (χ0) is 12.6. The molecule has 0 unspecified atom stereocenters. The highest BCUT2D eigenvalue weighted by Crippen LogP contribution is 2.30. The Bertz CT molecular complexity index is 590. The van der Waals surface area contributed by atoms with Crippen LogP contribution in [0.2, 0.25) is 0 Å². The molecule has 5 heteroatoms. The van der Waals surface area contributed by atoms with Crippen LogP contribution in [0.15, 0.2) is 30.5 Å². The number of nitrogens with zero attached hydrogens (tertiary/aromatic N) is 1. The molecule has 88 valence electrons. The van der Waals surface area contributed by atoms with Gasteiger partial charge in [0, 0.05) is 24.1 Å². The first kappa shape index (κ1) is 12.1. The van der Waals surface area contributed by atoms with Crippen LogP contribution in [-0.2, 0) is 16.6 Å². The van der Waals surface area contributed by atoms with E-state index in [-0.39, 0.29) is 0 Å². The maximum absolute atomic E-state index is 11.3. The maximum Gasteiger partial charge on any atom is 0.238 e. The second kappa shape index (κ2) is 4.51. The van der Waals surface area contributed by atoms with E-state index in [0.717, 1.165) is 10.9 Å². The van der Waals surface area contributed by atoms with Crippen LogP contribution < -0.4 is 0 Å². The Kier molecular flexibility index (Phi) is 3.22. The van der Waals surface area contributed by atoms with E-state index in [1.54, 1.807) is 6.20 Å². The Morgan fingerprint density at radius 3 is 2.35 bits per heavy atom. The molecule has 0 bridgehead atoms. The number of carbonyl (C=O) groups excluding carboxylic acids is 2. The molecular weight excluding hydrogens is 261 g/mol. The number of rotatable bonds is 3. The first-order valence-electron chi connectivity index (χ1n) is 4.95. The average Bonchev–Trinajstić information content (AvgIpc) is 2.56. The lowest BCUT2D eigenvalue weighted by molar-refractivity contribution is -0.120. The van der Waals surface area contributed by atoms with Gasteiger partial charge in [0.1, 0.15) is 5.92 Å². The predicted molar refractivity (Wildman–Crippen MR) is 67.4 cm³/mol. The van der Waals surface area contributed by atoms with Crippen molar-refractivity contribution in [3.8, 4) is 0 Å². The zero-order valence-electron chi connectivity index (χ0n) is 8.98. The van der Waals surface area contributed by atoms with Crippen molar-refractivity contribution in [2.45, 2.75) is 5.92 Å². The molecule has 2 rings (SSSR count). The molecule has 0 saturated carbocycles. The quantitative estimate of drug-likeness (QED) is 0.635. The summed E-state index contributed by atoms with van der Waals surface area (Å²) in [6.45, 7) is 0. The van der Waals surface area contributed by atoms with Crippen molar-refractivity contribution in [1.29, 1.82) is 0 Å². The molecule has 0 aliphatic rings. The molecule has 0 atom stereocenters. The minimum absolute atomic E-state index is 0.545. The van der Waals surface area contributed by atoms with Crippen LogP contribution in [-0.4, -0.2) is 15.1 Å². The summed E-state index contributed by atoms with van der Waals surface area (Å²) in [5.41, 5.74) is 1.46. The molecule has 0 saturated heterocycles. The molecule has 0 N–H and O–H groups in total. The summed E-state index contributed by atoms with van der Waals surface area (Å²) < 4.78 is 1.83. The lowest BCUT2D eigenvalue weighted by Gasteiger charge is -2.05. The lowest BCUT2D eigenvalue weighted by atomic mass is 10.0. The Morgan fingerprint density at radius 2 is 1.76 bits per heavy atom. The van der Waals surface area contributed by atoms with Crippen LogP contribution in [0.1, 0.15) is 11.5 Å². The molecule has 1 aromatic carbocycles. The van der Waals surface area contributed by atoms with Gasteiger partial charge in [0.15, 0.2) is 0 Å². The fraction of sp³-hybridized carbons (Fsp3) is 0.167. The summed E-state index contributed by atoms with van der Waals surface area (Å²) in [6.07, 6.45) is 1.70. The van der Waals surface area contributed by atoms with Gasteiger partial charge in [-0.15, -0.1) is 0 Å². The van der Waals surface area contributed by atoms with Gasteiger partial charge in [0.25, 0.3) is 0 Å². The van der Waals surface area contributed by atoms with Gasteiger partial charge in [-0.3, -0.25) is 9.59 Å². The number of carbonyl (C=O) groups is 2. The van der Waals surface area contributed by atoms with Gasteiger partial charge in [0.2, 0.25) is 10.5 Å². The zero-order valence-corrected chi connectivity index (χ0v) is 10.5. The standard InChI is InChI=1S/C12H9Cl2NO2/c1-15-6-8(10(11(13)16)12(14)17)7-4-2-3-5-9(7)15/h2-6,10H,1H3. The molecule has 0 radical (unpaired) electrons. The van der Waals surface area contributed by atoms with Gasteiger partial charge >= 0.3 is 0 Å². The summed E-state index contributed by atoms with van der Waals surface area (Å²) in [6, 6.07) is 7.44. The van der Waals surface area contributed by atoms with Gasteiger partial charge in [-0.05, 0) is 34.8 Å². The van der Waals surface area contributed by atoms with Gasteiger partial charge in [-0.2, -0.15) is 0 Å². The Labute approximate surface area is 108 Å². The number of aryl methyl sites for hydroxylation is 1. The molecular formula is C12H9Cl2NO2. The first-order chi connectivity index (χ1) is 8.02. The minimum atomic E-state index is -1.11. The fourth-order valence-corrected chi connectivity index (χ4v) is 2.43. The average molecular weight is 270 g/mol. The summed E-state index contributed by atoms with van der Waals surface area (Å²) in [7, 11) is 1.83. The Morgan fingerprint density at radius 1 is 1.18 bits per heavy atom. The van der Waals surface area contributed by atoms with E-state index in [0.29, 0.717) is 5.56 Å². The molecule has 2 aromatic rings. The monoisotopic (exact) mass is 269 g/mol. The molecule has 17 heavy (non-hydrogen) atoms. The Hall–Kier alpha value is -1.32. The van der Waals surface area contributed by atoms with Crippen LogP contribution in [0.3, 0.4) is 0 Å². The van der Waals surface area contributed by atoms with Crippen molar-refractivity contribution >= 4 is 44.6 Å². The number of hydrogen-bond acceptors (Lipinski definition) is 2. The number of aromatic nitrogens is 1. The molecule has 3 nitrogen and oxygen atoms in total. The highest BCUT2D eigenvalue weighted by molar-refractivity contribution is 6.74. The van der Waals surface area contributed by atoms with Gasteiger partial charge in [0.05, 0.1) is 0 Å². The van der Waals surface area contributed by atoms with E-state index in [2.05, 4.69) is 0 Å². The van der Waals surface area contributed by atoms with Crippen LogP contribution in [0.4, 0.5) is 0 Å². The molecule has 1 heterocycles. The lowest BCUT2D eigenvalue weighted by Crippen LogP contribution is -2.13. The molecule has 0 aliphatic heterocycles. The molecule has 0 amide bonds. The van der Waals surface area contributed by atoms with Gasteiger partial charge < -0.3 is 4.57 Å². The van der Waals surface area contributed by atoms with Crippen LogP contribution in [0.5, 0.6) is 0 Å². The van der Waals surface area contributed by atoms with Crippen molar-refractivity contribution in [2.75, 3.05) is 0 Å². The summed E-state index contributed by atoms with van der Waals surface area (Å²) in [5.74, 6) is -1.11. The second-order valence-corrected chi connectivity index (χ2v) is 4.50. The van der Waals surface area contributed by atoms with E-state index in [4.69, 9.17) is 23.2 Å². The smallest absolute Gasteiger partial charge is 0.238 e. The van der Waals surface area contributed by atoms with E-state index < -0.39 is 16.4 Å². The minimum Gasteiger partial charge on any atom is -0.350 e.